The Kier molecular flexibility index (Phi) is 3.96. The van der Waals surface area contributed by atoms with Crippen LogP contribution in [0.15, 0.2) is 12.2 Å². The minimum Gasteiger partial charge on any atom is -0.352 e. The molecule has 0 aliphatic heterocycles. The highest BCUT2D eigenvalue weighted by molar-refractivity contribution is 5.76. The minimum atomic E-state index is 0.108. The maximum atomic E-state index is 11.2. The van der Waals surface area contributed by atoms with Crippen LogP contribution >= 0.6 is 0 Å². The third kappa shape index (κ3) is 5.42. The van der Waals surface area contributed by atoms with Crippen LogP contribution in [0.4, 0.5) is 0 Å². The molecule has 0 saturated heterocycles. The van der Waals surface area contributed by atoms with Crippen LogP contribution in [0.5, 0.6) is 0 Å². The number of rotatable bonds is 6. The average molecular weight is 182 g/mol. The Morgan fingerprint density at radius 2 is 2.23 bits per heavy atom. The maximum Gasteiger partial charge on any atom is 0.221 e. The Morgan fingerprint density at radius 3 is 2.77 bits per heavy atom. The second-order valence-electron chi connectivity index (χ2n) is 3.71. The normalized spacial score (nSPS) is 15.5. The summed E-state index contributed by atoms with van der Waals surface area (Å²) in [5, 5.41) is 6.09. The van der Waals surface area contributed by atoms with Crippen molar-refractivity contribution in [1.29, 1.82) is 0 Å². The molecule has 0 aromatic rings. The average Bonchev–Trinajstić information content (AvgIpc) is 2.84. The molecule has 1 rings (SSSR count). The molecule has 74 valence electrons. The summed E-state index contributed by atoms with van der Waals surface area (Å²) in [6, 6.07) is 0.689. The lowest BCUT2D eigenvalue weighted by atomic mass is 10.3. The van der Waals surface area contributed by atoms with Gasteiger partial charge in [0.25, 0.3) is 0 Å². The highest BCUT2D eigenvalue weighted by atomic mass is 16.1. The van der Waals surface area contributed by atoms with E-state index in [0.717, 1.165) is 12.1 Å². The van der Waals surface area contributed by atoms with Gasteiger partial charge < -0.3 is 10.6 Å². The molecule has 3 nitrogen and oxygen atoms in total. The lowest BCUT2D eigenvalue weighted by Gasteiger charge is -2.04. The van der Waals surface area contributed by atoms with Crippen LogP contribution < -0.4 is 10.6 Å². The van der Waals surface area contributed by atoms with Gasteiger partial charge in [0.2, 0.25) is 5.91 Å². The van der Waals surface area contributed by atoms with Crippen molar-refractivity contribution in [3.05, 3.63) is 12.2 Å². The van der Waals surface area contributed by atoms with E-state index in [1.54, 1.807) is 0 Å². The van der Waals surface area contributed by atoms with E-state index < -0.39 is 0 Å². The number of hydrogen-bond donors (Lipinski definition) is 2. The third-order valence-electron chi connectivity index (χ3n) is 1.95. The van der Waals surface area contributed by atoms with Gasteiger partial charge in [0.15, 0.2) is 0 Å². The van der Waals surface area contributed by atoms with E-state index in [-0.39, 0.29) is 5.91 Å². The molecule has 0 heterocycles. The number of carbonyl (C=O) groups is 1. The van der Waals surface area contributed by atoms with Crippen molar-refractivity contribution >= 4 is 5.91 Å². The Balaban J connectivity index is 1.93. The monoisotopic (exact) mass is 182 g/mol. The topological polar surface area (TPSA) is 41.1 Å². The third-order valence-corrected chi connectivity index (χ3v) is 1.95. The smallest absolute Gasteiger partial charge is 0.221 e. The Bertz CT molecular complexity index is 197. The van der Waals surface area contributed by atoms with E-state index in [4.69, 9.17) is 0 Å². The zero-order chi connectivity index (χ0) is 9.68. The Hall–Kier alpha value is -0.830. The molecular weight excluding hydrogens is 164 g/mol. The quantitative estimate of drug-likeness (QED) is 0.597. The fourth-order valence-corrected chi connectivity index (χ4v) is 1.02. The zero-order valence-corrected chi connectivity index (χ0v) is 8.23. The van der Waals surface area contributed by atoms with Gasteiger partial charge in [0.1, 0.15) is 0 Å². The lowest BCUT2D eigenvalue weighted by molar-refractivity contribution is -0.120. The molecule has 2 N–H and O–H groups in total. The van der Waals surface area contributed by atoms with Crippen molar-refractivity contribution in [3.8, 4) is 0 Å². The molecule has 0 radical (unpaired) electrons. The van der Waals surface area contributed by atoms with Crippen LogP contribution in [0.25, 0.3) is 0 Å². The summed E-state index contributed by atoms with van der Waals surface area (Å²) in [4.78, 5) is 11.2. The van der Waals surface area contributed by atoms with Crippen LogP contribution in [0.2, 0.25) is 0 Å². The van der Waals surface area contributed by atoms with Gasteiger partial charge >= 0.3 is 0 Å². The molecule has 3 heteroatoms. The van der Waals surface area contributed by atoms with Crippen molar-refractivity contribution < 1.29 is 4.79 Å². The number of carbonyl (C=O) groups excluding carboxylic acids is 1. The summed E-state index contributed by atoms with van der Waals surface area (Å²) < 4.78 is 0. The summed E-state index contributed by atoms with van der Waals surface area (Å²) in [5.74, 6) is 0.108. The first kappa shape index (κ1) is 10.3. The molecule has 1 saturated carbocycles. The number of nitrogens with one attached hydrogen (secondary N) is 2. The molecule has 0 atom stereocenters. The largest absolute Gasteiger partial charge is 0.352 e. The molecule has 0 spiro atoms. The van der Waals surface area contributed by atoms with Gasteiger partial charge in [-0.25, -0.2) is 0 Å². The molecule has 1 amide bonds. The van der Waals surface area contributed by atoms with E-state index in [2.05, 4.69) is 17.2 Å². The van der Waals surface area contributed by atoms with Crippen molar-refractivity contribution in [2.24, 2.45) is 0 Å². The standard InChI is InChI=1S/C10H18N2O/c1-8(2)7-12-10(13)5-6-11-9-3-4-9/h9,11H,1,3-7H2,2H3,(H,12,13). The van der Waals surface area contributed by atoms with Crippen LogP contribution in [0.3, 0.4) is 0 Å². The van der Waals surface area contributed by atoms with Crippen LogP contribution in [0.1, 0.15) is 26.2 Å². The molecule has 0 unspecified atom stereocenters. The minimum absolute atomic E-state index is 0.108. The first-order valence-corrected chi connectivity index (χ1v) is 4.83. The molecule has 1 aliphatic carbocycles. The Morgan fingerprint density at radius 1 is 1.54 bits per heavy atom. The van der Waals surface area contributed by atoms with Gasteiger partial charge in [-0.1, -0.05) is 12.2 Å². The molecule has 0 aromatic heterocycles. The first-order valence-electron chi connectivity index (χ1n) is 4.83. The van der Waals surface area contributed by atoms with E-state index in [1.807, 2.05) is 6.92 Å². The van der Waals surface area contributed by atoms with E-state index >= 15 is 0 Å². The second kappa shape index (κ2) is 5.02. The van der Waals surface area contributed by atoms with Crippen LogP contribution in [-0.2, 0) is 4.79 Å². The van der Waals surface area contributed by atoms with Crippen molar-refractivity contribution in [1.82, 2.24) is 10.6 Å². The molecular formula is C10H18N2O. The summed E-state index contributed by atoms with van der Waals surface area (Å²) in [5.41, 5.74) is 0.989. The van der Waals surface area contributed by atoms with E-state index in [1.165, 1.54) is 12.8 Å². The second-order valence-corrected chi connectivity index (χ2v) is 3.71. The summed E-state index contributed by atoms with van der Waals surface area (Å²) in [6.45, 7) is 7.02. The van der Waals surface area contributed by atoms with E-state index in [9.17, 15) is 4.79 Å². The molecule has 13 heavy (non-hydrogen) atoms. The van der Waals surface area contributed by atoms with Crippen molar-refractivity contribution in [3.63, 3.8) is 0 Å². The highest BCUT2D eigenvalue weighted by Crippen LogP contribution is 2.18. The lowest BCUT2D eigenvalue weighted by Crippen LogP contribution is -2.29. The first-order chi connectivity index (χ1) is 6.18. The molecule has 0 aromatic carbocycles. The maximum absolute atomic E-state index is 11.2. The highest BCUT2D eigenvalue weighted by Gasteiger charge is 2.19. The summed E-state index contributed by atoms with van der Waals surface area (Å²) >= 11 is 0. The number of amides is 1. The van der Waals surface area contributed by atoms with Crippen LogP contribution in [0, 0.1) is 0 Å². The fourth-order valence-electron chi connectivity index (χ4n) is 1.02. The van der Waals surface area contributed by atoms with Gasteiger partial charge in [-0.2, -0.15) is 0 Å². The SMILES string of the molecule is C=C(C)CNC(=O)CCNC1CC1. The van der Waals surface area contributed by atoms with E-state index in [0.29, 0.717) is 19.0 Å². The Labute approximate surface area is 79.6 Å². The molecule has 0 bridgehead atoms. The summed E-state index contributed by atoms with van der Waals surface area (Å²) in [7, 11) is 0. The number of hydrogen-bond acceptors (Lipinski definition) is 2. The molecule has 1 aliphatic rings. The predicted octanol–water partition coefficient (Wildman–Crippen LogP) is 0.821. The van der Waals surface area contributed by atoms with Crippen molar-refractivity contribution in [2.45, 2.75) is 32.2 Å². The van der Waals surface area contributed by atoms with Crippen molar-refractivity contribution in [2.75, 3.05) is 13.1 Å². The van der Waals surface area contributed by atoms with Crippen LogP contribution in [-0.4, -0.2) is 25.0 Å². The molecule has 1 fully saturated rings. The fraction of sp³-hybridized carbons (Fsp3) is 0.700. The zero-order valence-electron chi connectivity index (χ0n) is 8.23. The predicted molar refractivity (Wildman–Crippen MR) is 53.5 cm³/mol. The van der Waals surface area contributed by atoms with Gasteiger partial charge in [-0.3, -0.25) is 4.79 Å². The van der Waals surface area contributed by atoms with Gasteiger partial charge in [-0.05, 0) is 19.8 Å². The van der Waals surface area contributed by atoms with Gasteiger partial charge in [0.05, 0.1) is 0 Å². The van der Waals surface area contributed by atoms with Gasteiger partial charge in [0, 0.05) is 25.6 Å². The summed E-state index contributed by atoms with van der Waals surface area (Å²) in [6.07, 6.45) is 3.12. The van der Waals surface area contributed by atoms with Gasteiger partial charge in [-0.15, -0.1) is 0 Å².